The van der Waals surface area contributed by atoms with Gasteiger partial charge in [-0.2, -0.15) is 5.10 Å². The van der Waals surface area contributed by atoms with Crippen LogP contribution in [0.5, 0.6) is 0 Å². The Labute approximate surface area is 89.9 Å². The lowest BCUT2D eigenvalue weighted by molar-refractivity contribution is -0.113. The summed E-state index contributed by atoms with van der Waals surface area (Å²) in [7, 11) is 0. The minimum absolute atomic E-state index is 0.134. The minimum atomic E-state index is 0.134. The van der Waals surface area contributed by atoms with Gasteiger partial charge in [-0.25, -0.2) is 0 Å². The Balaban J connectivity index is 1.84. The van der Waals surface area contributed by atoms with E-state index >= 15 is 0 Å². The highest BCUT2D eigenvalue weighted by Crippen LogP contribution is 2.14. The molecule has 4 nitrogen and oxygen atoms in total. The van der Waals surface area contributed by atoms with Crippen molar-refractivity contribution >= 4 is 6.29 Å². The standard InChI is InChI=1S/C11H17N3O/c15-10-11-4-1-2-6-13(11)8-9-14-7-3-5-12-14/h3,5,7,10-11H,1-2,4,6,8-9H2. The highest BCUT2D eigenvalue weighted by molar-refractivity contribution is 5.57. The molecular weight excluding hydrogens is 190 g/mol. The van der Waals surface area contributed by atoms with Crippen LogP contribution < -0.4 is 0 Å². The lowest BCUT2D eigenvalue weighted by atomic mass is 10.0. The molecule has 1 fully saturated rings. The second kappa shape index (κ2) is 5.07. The highest BCUT2D eigenvalue weighted by Gasteiger charge is 2.20. The second-order valence-corrected chi connectivity index (χ2v) is 4.00. The molecule has 1 saturated heterocycles. The van der Waals surface area contributed by atoms with Gasteiger partial charge in [0, 0.05) is 18.9 Å². The third-order valence-electron chi connectivity index (χ3n) is 3.00. The van der Waals surface area contributed by atoms with Gasteiger partial charge in [0.2, 0.25) is 0 Å². The van der Waals surface area contributed by atoms with Crippen LogP contribution in [0.1, 0.15) is 19.3 Å². The van der Waals surface area contributed by atoms with Crippen molar-refractivity contribution in [3.63, 3.8) is 0 Å². The third-order valence-corrected chi connectivity index (χ3v) is 3.00. The minimum Gasteiger partial charge on any atom is -0.302 e. The number of carbonyl (C=O) groups is 1. The van der Waals surface area contributed by atoms with Crippen LogP contribution in [-0.4, -0.2) is 40.1 Å². The van der Waals surface area contributed by atoms with Crippen LogP contribution in [0.15, 0.2) is 18.5 Å². The number of piperidine rings is 1. The summed E-state index contributed by atoms with van der Waals surface area (Å²) in [6, 6.07) is 2.06. The monoisotopic (exact) mass is 207 g/mol. The topological polar surface area (TPSA) is 38.1 Å². The number of hydrogen-bond donors (Lipinski definition) is 0. The molecule has 0 N–H and O–H groups in total. The molecule has 1 aliphatic heterocycles. The first kappa shape index (κ1) is 10.4. The van der Waals surface area contributed by atoms with Gasteiger partial charge in [-0.3, -0.25) is 9.58 Å². The first-order chi connectivity index (χ1) is 7.40. The summed E-state index contributed by atoms with van der Waals surface area (Å²) in [5.74, 6) is 0. The van der Waals surface area contributed by atoms with Crippen LogP contribution in [0.25, 0.3) is 0 Å². The van der Waals surface area contributed by atoms with Crippen molar-refractivity contribution in [1.29, 1.82) is 0 Å². The fourth-order valence-electron chi connectivity index (χ4n) is 2.11. The fourth-order valence-corrected chi connectivity index (χ4v) is 2.11. The molecule has 0 aromatic carbocycles. The van der Waals surface area contributed by atoms with Crippen molar-refractivity contribution in [2.45, 2.75) is 31.8 Å². The summed E-state index contributed by atoms with van der Waals surface area (Å²) >= 11 is 0. The predicted octanol–water partition coefficient (Wildman–Crippen LogP) is 0.936. The zero-order valence-electron chi connectivity index (χ0n) is 8.88. The largest absolute Gasteiger partial charge is 0.302 e. The molecule has 1 atom stereocenters. The number of aromatic nitrogens is 2. The summed E-state index contributed by atoms with van der Waals surface area (Å²) in [5, 5.41) is 4.15. The first-order valence-electron chi connectivity index (χ1n) is 5.57. The molecule has 1 unspecified atom stereocenters. The van der Waals surface area contributed by atoms with E-state index in [9.17, 15) is 4.79 Å². The van der Waals surface area contributed by atoms with Crippen molar-refractivity contribution in [2.24, 2.45) is 0 Å². The molecule has 0 amide bonds. The third kappa shape index (κ3) is 2.65. The van der Waals surface area contributed by atoms with Crippen LogP contribution in [0, 0.1) is 0 Å². The summed E-state index contributed by atoms with van der Waals surface area (Å²) < 4.78 is 1.91. The van der Waals surface area contributed by atoms with E-state index < -0.39 is 0 Å². The quantitative estimate of drug-likeness (QED) is 0.690. The van der Waals surface area contributed by atoms with E-state index in [1.165, 1.54) is 12.8 Å². The van der Waals surface area contributed by atoms with Gasteiger partial charge in [-0.15, -0.1) is 0 Å². The zero-order valence-corrected chi connectivity index (χ0v) is 8.88. The maximum Gasteiger partial charge on any atom is 0.137 e. The molecule has 0 spiro atoms. The van der Waals surface area contributed by atoms with Crippen molar-refractivity contribution in [2.75, 3.05) is 13.1 Å². The zero-order chi connectivity index (χ0) is 10.5. The van der Waals surface area contributed by atoms with Crippen LogP contribution in [0.2, 0.25) is 0 Å². The van der Waals surface area contributed by atoms with Crippen LogP contribution in [-0.2, 0) is 11.3 Å². The molecule has 0 saturated carbocycles. The van der Waals surface area contributed by atoms with Gasteiger partial charge < -0.3 is 4.79 Å². The lowest BCUT2D eigenvalue weighted by Crippen LogP contribution is -2.42. The molecule has 0 aliphatic carbocycles. The van der Waals surface area contributed by atoms with Gasteiger partial charge >= 0.3 is 0 Å². The number of rotatable bonds is 4. The summed E-state index contributed by atoms with van der Waals surface area (Å²) in [6.45, 7) is 2.84. The van der Waals surface area contributed by atoms with Gasteiger partial charge in [0.05, 0.1) is 12.6 Å². The van der Waals surface area contributed by atoms with Crippen molar-refractivity contribution in [3.8, 4) is 0 Å². The summed E-state index contributed by atoms with van der Waals surface area (Å²) in [6.07, 6.45) is 8.24. The smallest absolute Gasteiger partial charge is 0.137 e. The maximum absolute atomic E-state index is 10.9. The molecule has 1 aliphatic rings. The fraction of sp³-hybridized carbons (Fsp3) is 0.636. The lowest BCUT2D eigenvalue weighted by Gasteiger charge is -2.31. The van der Waals surface area contributed by atoms with E-state index in [0.717, 1.165) is 32.3 Å². The SMILES string of the molecule is O=CC1CCCCN1CCn1cccn1. The van der Waals surface area contributed by atoms with Crippen molar-refractivity contribution < 1.29 is 4.79 Å². The van der Waals surface area contributed by atoms with Gasteiger partial charge in [-0.05, 0) is 25.5 Å². The summed E-state index contributed by atoms with van der Waals surface area (Å²) in [4.78, 5) is 13.1. The predicted molar refractivity (Wildman–Crippen MR) is 57.5 cm³/mol. The van der Waals surface area contributed by atoms with E-state index in [1.54, 1.807) is 6.20 Å². The molecule has 1 aromatic heterocycles. The van der Waals surface area contributed by atoms with Gasteiger partial charge in [0.15, 0.2) is 0 Å². The second-order valence-electron chi connectivity index (χ2n) is 4.00. The average Bonchev–Trinajstić information content (AvgIpc) is 2.79. The number of aldehydes is 1. The molecule has 2 heterocycles. The van der Waals surface area contributed by atoms with E-state index in [0.29, 0.717) is 0 Å². The average molecular weight is 207 g/mol. The molecule has 1 aromatic rings. The number of nitrogens with zero attached hydrogens (tertiary/aromatic N) is 3. The first-order valence-corrected chi connectivity index (χ1v) is 5.57. The van der Waals surface area contributed by atoms with Crippen LogP contribution in [0.4, 0.5) is 0 Å². The van der Waals surface area contributed by atoms with E-state index in [1.807, 2.05) is 16.9 Å². The van der Waals surface area contributed by atoms with Gasteiger partial charge in [-0.1, -0.05) is 6.42 Å². The molecule has 15 heavy (non-hydrogen) atoms. The number of carbonyl (C=O) groups excluding carboxylic acids is 1. The normalized spacial score (nSPS) is 22.8. The Kier molecular flexibility index (Phi) is 3.50. The van der Waals surface area contributed by atoms with Gasteiger partial charge in [0.25, 0.3) is 0 Å². The highest BCUT2D eigenvalue weighted by atomic mass is 16.1. The Morgan fingerprint density at radius 3 is 3.07 bits per heavy atom. The number of hydrogen-bond acceptors (Lipinski definition) is 3. The Morgan fingerprint density at radius 2 is 2.33 bits per heavy atom. The van der Waals surface area contributed by atoms with Crippen LogP contribution in [0.3, 0.4) is 0 Å². The molecule has 82 valence electrons. The van der Waals surface area contributed by atoms with Gasteiger partial charge in [0.1, 0.15) is 6.29 Å². The van der Waals surface area contributed by atoms with E-state index in [4.69, 9.17) is 0 Å². The number of likely N-dealkylation sites (tertiary alicyclic amines) is 1. The maximum atomic E-state index is 10.9. The van der Waals surface area contributed by atoms with Crippen LogP contribution >= 0.6 is 0 Å². The molecule has 0 bridgehead atoms. The molecule has 0 radical (unpaired) electrons. The summed E-state index contributed by atoms with van der Waals surface area (Å²) in [5.41, 5.74) is 0. The molecule has 2 rings (SSSR count). The Bertz CT molecular complexity index is 297. The Hall–Kier alpha value is -1.16. The van der Waals surface area contributed by atoms with Crippen molar-refractivity contribution in [1.82, 2.24) is 14.7 Å². The molecular formula is C11H17N3O. The molecule has 4 heteroatoms. The van der Waals surface area contributed by atoms with Crippen molar-refractivity contribution in [3.05, 3.63) is 18.5 Å². The van der Waals surface area contributed by atoms with E-state index in [-0.39, 0.29) is 6.04 Å². The Morgan fingerprint density at radius 1 is 1.40 bits per heavy atom. The van der Waals surface area contributed by atoms with E-state index in [2.05, 4.69) is 10.00 Å².